The van der Waals surface area contributed by atoms with Crippen LogP contribution in [-0.4, -0.2) is 28.3 Å². The zero-order valence-corrected chi connectivity index (χ0v) is 17.9. The number of ether oxygens (including phenoxy) is 1. The van der Waals surface area contributed by atoms with Crippen molar-refractivity contribution in [3.63, 3.8) is 0 Å². The summed E-state index contributed by atoms with van der Waals surface area (Å²) in [4.78, 5) is 24.8. The average Bonchev–Trinajstić information content (AvgIpc) is 3.27. The maximum atomic E-state index is 14.0. The van der Waals surface area contributed by atoms with Crippen molar-refractivity contribution in [2.75, 3.05) is 11.9 Å². The van der Waals surface area contributed by atoms with Crippen LogP contribution in [0.5, 0.6) is 0 Å². The lowest BCUT2D eigenvalue weighted by Crippen LogP contribution is -2.14. The maximum Gasteiger partial charge on any atom is 0.358 e. The minimum Gasteiger partial charge on any atom is -0.461 e. The van der Waals surface area contributed by atoms with E-state index in [2.05, 4.69) is 10.4 Å². The van der Waals surface area contributed by atoms with Gasteiger partial charge in [-0.3, -0.25) is 4.79 Å². The highest BCUT2D eigenvalue weighted by Gasteiger charge is 2.19. The van der Waals surface area contributed by atoms with Crippen LogP contribution in [0.15, 0.2) is 72.8 Å². The molecule has 0 atom stereocenters. The molecule has 0 aliphatic carbocycles. The maximum absolute atomic E-state index is 14.0. The van der Waals surface area contributed by atoms with E-state index in [0.29, 0.717) is 16.9 Å². The van der Waals surface area contributed by atoms with E-state index in [-0.39, 0.29) is 18.0 Å². The number of aromatic nitrogens is 2. The Labute approximate surface area is 192 Å². The largest absolute Gasteiger partial charge is 0.461 e. The summed E-state index contributed by atoms with van der Waals surface area (Å²) in [5, 5.41) is 6.80. The third-order valence-corrected chi connectivity index (χ3v) is 4.84. The van der Waals surface area contributed by atoms with Crippen LogP contribution in [0.3, 0.4) is 0 Å². The highest BCUT2D eigenvalue weighted by atomic mass is 19.1. The number of nitrogens with one attached hydrogen (secondary N) is 1. The van der Waals surface area contributed by atoms with Crippen LogP contribution in [0.4, 0.5) is 18.9 Å². The Hall–Kier alpha value is -4.40. The Bertz CT molecular complexity index is 1380. The molecule has 0 fully saturated rings. The van der Waals surface area contributed by atoms with Gasteiger partial charge < -0.3 is 10.1 Å². The summed E-state index contributed by atoms with van der Waals surface area (Å²) >= 11 is 0. The predicted octanol–water partition coefficient (Wildman–Crippen LogP) is 5.39. The molecule has 172 valence electrons. The number of rotatable bonds is 6. The number of amides is 1. The van der Waals surface area contributed by atoms with E-state index in [1.807, 2.05) is 0 Å². The molecule has 0 unspecified atom stereocenters. The summed E-state index contributed by atoms with van der Waals surface area (Å²) in [5.41, 5.74) is 1.15. The Morgan fingerprint density at radius 1 is 0.941 bits per heavy atom. The average molecular weight is 465 g/mol. The molecule has 6 nitrogen and oxygen atoms in total. The van der Waals surface area contributed by atoms with Crippen molar-refractivity contribution in [1.29, 1.82) is 0 Å². The van der Waals surface area contributed by atoms with Crippen LogP contribution in [0.25, 0.3) is 16.9 Å². The number of hydrogen-bond donors (Lipinski definition) is 1. The zero-order valence-electron chi connectivity index (χ0n) is 17.9. The monoisotopic (exact) mass is 465 g/mol. The lowest BCUT2D eigenvalue weighted by atomic mass is 10.1. The Kier molecular flexibility index (Phi) is 6.44. The van der Waals surface area contributed by atoms with Crippen molar-refractivity contribution < 1.29 is 27.5 Å². The van der Waals surface area contributed by atoms with Crippen LogP contribution < -0.4 is 5.32 Å². The van der Waals surface area contributed by atoms with Crippen molar-refractivity contribution >= 4 is 17.6 Å². The number of esters is 1. The molecule has 34 heavy (non-hydrogen) atoms. The van der Waals surface area contributed by atoms with Crippen LogP contribution in [0, 0.1) is 17.5 Å². The van der Waals surface area contributed by atoms with E-state index in [0.717, 1.165) is 18.2 Å². The van der Waals surface area contributed by atoms with Gasteiger partial charge in [0.2, 0.25) is 0 Å². The smallest absolute Gasteiger partial charge is 0.358 e. The van der Waals surface area contributed by atoms with Gasteiger partial charge in [-0.2, -0.15) is 5.10 Å². The van der Waals surface area contributed by atoms with E-state index in [1.165, 1.54) is 28.9 Å². The summed E-state index contributed by atoms with van der Waals surface area (Å²) in [6.45, 7) is 1.81. The first-order chi connectivity index (χ1) is 16.4. The molecule has 1 heterocycles. The molecule has 0 aliphatic rings. The van der Waals surface area contributed by atoms with Crippen LogP contribution >= 0.6 is 0 Å². The molecule has 0 aliphatic heterocycles. The van der Waals surface area contributed by atoms with Gasteiger partial charge in [0, 0.05) is 11.3 Å². The second-order valence-corrected chi connectivity index (χ2v) is 7.19. The summed E-state index contributed by atoms with van der Waals surface area (Å²) in [6.07, 6.45) is 0. The standard InChI is InChI=1S/C25H18F3N3O3/c1-2-34-25(33)22-14-23(31(30-22)19-8-4-6-16(26)12-19)15-5-3-7-18(11-15)29-24(32)20-13-17(27)9-10-21(20)28/h3-14H,2H2,1H3,(H,29,32). The molecule has 3 aromatic carbocycles. The van der Waals surface area contributed by atoms with Crippen molar-refractivity contribution in [1.82, 2.24) is 9.78 Å². The van der Waals surface area contributed by atoms with Crippen LogP contribution in [0.1, 0.15) is 27.8 Å². The Morgan fingerprint density at radius 3 is 2.47 bits per heavy atom. The van der Waals surface area contributed by atoms with Crippen LogP contribution in [-0.2, 0) is 4.74 Å². The number of anilines is 1. The second-order valence-electron chi connectivity index (χ2n) is 7.19. The van der Waals surface area contributed by atoms with Gasteiger partial charge in [0.15, 0.2) is 5.69 Å². The fourth-order valence-electron chi connectivity index (χ4n) is 3.32. The summed E-state index contributed by atoms with van der Waals surface area (Å²) in [5.74, 6) is -3.58. The van der Waals surface area contributed by atoms with Gasteiger partial charge in [-0.15, -0.1) is 0 Å². The Morgan fingerprint density at radius 2 is 1.71 bits per heavy atom. The predicted molar refractivity (Wildman–Crippen MR) is 119 cm³/mol. The highest BCUT2D eigenvalue weighted by Crippen LogP contribution is 2.27. The summed E-state index contributed by atoms with van der Waals surface area (Å²) < 4.78 is 47.7. The van der Waals surface area contributed by atoms with E-state index >= 15 is 0 Å². The number of carbonyl (C=O) groups is 2. The molecule has 1 N–H and O–H groups in total. The molecule has 4 rings (SSSR count). The SMILES string of the molecule is CCOC(=O)c1cc(-c2cccc(NC(=O)c3cc(F)ccc3F)c2)n(-c2cccc(F)c2)n1. The molecule has 0 saturated carbocycles. The van der Waals surface area contributed by atoms with E-state index in [9.17, 15) is 22.8 Å². The first kappa shape index (κ1) is 22.8. The molecule has 0 radical (unpaired) electrons. The molecular weight excluding hydrogens is 447 g/mol. The van der Waals surface area contributed by atoms with Gasteiger partial charge in [-0.25, -0.2) is 22.6 Å². The first-order valence-electron chi connectivity index (χ1n) is 10.3. The van der Waals surface area contributed by atoms with Gasteiger partial charge in [0.1, 0.15) is 17.5 Å². The molecule has 0 bridgehead atoms. The molecule has 9 heteroatoms. The minimum atomic E-state index is -0.863. The summed E-state index contributed by atoms with van der Waals surface area (Å²) in [7, 11) is 0. The number of benzene rings is 3. The van der Waals surface area contributed by atoms with Crippen molar-refractivity contribution in [3.05, 3.63) is 102 Å². The van der Waals surface area contributed by atoms with Gasteiger partial charge in [0.05, 0.1) is 23.6 Å². The molecule has 4 aromatic rings. The zero-order chi connectivity index (χ0) is 24.2. The van der Waals surface area contributed by atoms with Gasteiger partial charge in [-0.1, -0.05) is 18.2 Å². The molecule has 0 saturated heterocycles. The minimum absolute atomic E-state index is 0.0115. The lowest BCUT2D eigenvalue weighted by molar-refractivity contribution is 0.0519. The van der Waals surface area contributed by atoms with Crippen molar-refractivity contribution in [2.24, 2.45) is 0 Å². The highest BCUT2D eigenvalue weighted by molar-refractivity contribution is 6.04. The molecule has 0 spiro atoms. The fourth-order valence-corrected chi connectivity index (χ4v) is 3.32. The third kappa shape index (κ3) is 4.83. The van der Waals surface area contributed by atoms with E-state index in [1.54, 1.807) is 37.3 Å². The van der Waals surface area contributed by atoms with Crippen LogP contribution in [0.2, 0.25) is 0 Å². The Balaban J connectivity index is 1.73. The molecule has 1 amide bonds. The number of halogens is 3. The quantitative estimate of drug-likeness (QED) is 0.388. The summed E-state index contributed by atoms with van der Waals surface area (Å²) in [6, 6.07) is 16.2. The number of nitrogens with zero attached hydrogens (tertiary/aromatic N) is 2. The van der Waals surface area contributed by atoms with Crippen molar-refractivity contribution in [3.8, 4) is 16.9 Å². The van der Waals surface area contributed by atoms with E-state index < -0.39 is 34.9 Å². The van der Waals surface area contributed by atoms with Crippen molar-refractivity contribution in [2.45, 2.75) is 6.92 Å². The van der Waals surface area contributed by atoms with Gasteiger partial charge in [-0.05, 0) is 61.5 Å². The molecular formula is C25H18F3N3O3. The fraction of sp³-hybridized carbons (Fsp3) is 0.0800. The second kappa shape index (κ2) is 9.62. The number of hydrogen-bond acceptors (Lipinski definition) is 4. The topological polar surface area (TPSA) is 73.2 Å². The lowest BCUT2D eigenvalue weighted by Gasteiger charge is -2.10. The third-order valence-electron chi connectivity index (χ3n) is 4.84. The van der Waals surface area contributed by atoms with E-state index in [4.69, 9.17) is 4.74 Å². The number of carbonyl (C=O) groups excluding carboxylic acids is 2. The first-order valence-corrected chi connectivity index (χ1v) is 10.3. The van der Waals surface area contributed by atoms with Gasteiger partial charge in [0.25, 0.3) is 5.91 Å². The normalized spacial score (nSPS) is 10.7. The van der Waals surface area contributed by atoms with Gasteiger partial charge >= 0.3 is 5.97 Å². The molecule has 1 aromatic heterocycles.